The van der Waals surface area contributed by atoms with Crippen LogP contribution in [-0.2, 0) is 0 Å². The van der Waals surface area contributed by atoms with Crippen LogP contribution < -0.4 is 11.1 Å². The molecule has 0 aliphatic rings. The zero-order valence-corrected chi connectivity index (χ0v) is 12.4. The number of hydrogen-bond acceptors (Lipinski definition) is 4. The van der Waals surface area contributed by atoms with Gasteiger partial charge in [-0.05, 0) is 31.0 Å². The van der Waals surface area contributed by atoms with Crippen molar-refractivity contribution in [2.24, 2.45) is 5.73 Å². The van der Waals surface area contributed by atoms with Crippen LogP contribution in [0.25, 0.3) is 5.82 Å². The van der Waals surface area contributed by atoms with E-state index in [1.54, 1.807) is 35.3 Å². The lowest BCUT2D eigenvalue weighted by molar-refractivity contribution is 0.0890. The maximum atomic E-state index is 12.4. The minimum absolute atomic E-state index is 0.210. The van der Waals surface area contributed by atoms with Gasteiger partial charge in [0.15, 0.2) is 5.82 Å². The molecule has 2 aromatic heterocycles. The van der Waals surface area contributed by atoms with E-state index in [4.69, 9.17) is 5.73 Å². The zero-order valence-electron chi connectivity index (χ0n) is 12.4. The molecule has 0 aliphatic carbocycles. The topological polar surface area (TPSA) is 85.8 Å². The standard InChI is InChI=1S/C15H21N5O/c1-3-15(4-2,11-16)19-14(21)12-7-5-8-13(18-12)20-10-6-9-17-20/h5-10H,3-4,11,16H2,1-2H3,(H,19,21). The van der Waals surface area contributed by atoms with Crippen LogP contribution in [0.4, 0.5) is 0 Å². The van der Waals surface area contributed by atoms with Crippen LogP contribution in [0, 0.1) is 0 Å². The monoisotopic (exact) mass is 287 g/mol. The zero-order chi connectivity index (χ0) is 15.3. The summed E-state index contributed by atoms with van der Waals surface area (Å²) in [7, 11) is 0. The van der Waals surface area contributed by atoms with Gasteiger partial charge in [-0.3, -0.25) is 4.79 Å². The first-order chi connectivity index (χ1) is 10.1. The Kier molecular flexibility index (Phi) is 4.70. The lowest BCUT2D eigenvalue weighted by Crippen LogP contribution is -2.53. The molecule has 21 heavy (non-hydrogen) atoms. The highest BCUT2D eigenvalue weighted by Crippen LogP contribution is 2.14. The molecule has 0 saturated heterocycles. The van der Waals surface area contributed by atoms with Gasteiger partial charge in [0.05, 0.1) is 5.54 Å². The lowest BCUT2D eigenvalue weighted by Gasteiger charge is -2.31. The van der Waals surface area contributed by atoms with Crippen molar-refractivity contribution in [2.45, 2.75) is 32.2 Å². The van der Waals surface area contributed by atoms with Crippen molar-refractivity contribution in [3.05, 3.63) is 42.4 Å². The summed E-state index contributed by atoms with van der Waals surface area (Å²) in [5, 5.41) is 7.12. The Bertz CT molecular complexity index is 582. The van der Waals surface area contributed by atoms with Crippen molar-refractivity contribution < 1.29 is 4.79 Å². The van der Waals surface area contributed by atoms with Crippen molar-refractivity contribution in [3.8, 4) is 5.82 Å². The molecule has 0 saturated carbocycles. The highest BCUT2D eigenvalue weighted by atomic mass is 16.2. The normalized spacial score (nSPS) is 11.4. The predicted molar refractivity (Wildman–Crippen MR) is 81.2 cm³/mol. The molecule has 2 rings (SSSR count). The first-order valence-electron chi connectivity index (χ1n) is 7.14. The number of pyridine rings is 1. The first-order valence-corrected chi connectivity index (χ1v) is 7.14. The molecule has 0 unspecified atom stereocenters. The smallest absolute Gasteiger partial charge is 0.270 e. The van der Waals surface area contributed by atoms with E-state index < -0.39 is 0 Å². The molecule has 2 heterocycles. The van der Waals surface area contributed by atoms with Gasteiger partial charge in [0.1, 0.15) is 5.69 Å². The van der Waals surface area contributed by atoms with Crippen LogP contribution in [0.1, 0.15) is 37.2 Å². The van der Waals surface area contributed by atoms with Gasteiger partial charge in [-0.2, -0.15) is 5.10 Å². The quantitative estimate of drug-likeness (QED) is 0.843. The third kappa shape index (κ3) is 3.28. The summed E-state index contributed by atoms with van der Waals surface area (Å²) in [6, 6.07) is 7.09. The molecule has 0 radical (unpaired) electrons. The number of nitrogens with one attached hydrogen (secondary N) is 1. The number of aromatic nitrogens is 3. The lowest BCUT2D eigenvalue weighted by atomic mass is 9.93. The Morgan fingerprint density at radius 3 is 2.67 bits per heavy atom. The fourth-order valence-corrected chi connectivity index (χ4v) is 2.15. The van der Waals surface area contributed by atoms with Gasteiger partial charge in [-0.15, -0.1) is 0 Å². The molecule has 0 aromatic carbocycles. The largest absolute Gasteiger partial charge is 0.344 e. The summed E-state index contributed by atoms with van der Waals surface area (Å²) in [5.41, 5.74) is 5.80. The maximum Gasteiger partial charge on any atom is 0.270 e. The number of nitrogens with two attached hydrogens (primary N) is 1. The average molecular weight is 287 g/mol. The van der Waals surface area contributed by atoms with Crippen LogP contribution in [-0.4, -0.2) is 32.8 Å². The second-order valence-corrected chi connectivity index (χ2v) is 4.98. The second kappa shape index (κ2) is 6.49. The fraction of sp³-hybridized carbons (Fsp3) is 0.400. The van der Waals surface area contributed by atoms with Crippen molar-refractivity contribution in [1.82, 2.24) is 20.1 Å². The summed E-state index contributed by atoms with van der Waals surface area (Å²) in [5.74, 6) is 0.400. The number of carbonyl (C=O) groups excluding carboxylic acids is 1. The summed E-state index contributed by atoms with van der Waals surface area (Å²) < 4.78 is 1.62. The van der Waals surface area contributed by atoms with Crippen LogP contribution in [0.5, 0.6) is 0 Å². The Hall–Kier alpha value is -2.21. The van der Waals surface area contributed by atoms with E-state index in [0.717, 1.165) is 12.8 Å². The molecule has 6 nitrogen and oxygen atoms in total. The summed E-state index contributed by atoms with van der Waals surface area (Å²) in [4.78, 5) is 16.7. The van der Waals surface area contributed by atoms with Gasteiger partial charge in [0, 0.05) is 18.9 Å². The van der Waals surface area contributed by atoms with E-state index in [1.807, 2.05) is 19.9 Å². The molecule has 0 spiro atoms. The minimum Gasteiger partial charge on any atom is -0.344 e. The van der Waals surface area contributed by atoms with Crippen LogP contribution in [0.3, 0.4) is 0 Å². The number of carbonyl (C=O) groups is 1. The molecule has 1 amide bonds. The Balaban J connectivity index is 2.22. The minimum atomic E-state index is -0.375. The van der Waals surface area contributed by atoms with Crippen molar-refractivity contribution in [3.63, 3.8) is 0 Å². The van der Waals surface area contributed by atoms with Crippen LogP contribution in [0.2, 0.25) is 0 Å². The Morgan fingerprint density at radius 2 is 2.10 bits per heavy atom. The van der Waals surface area contributed by atoms with E-state index in [1.165, 1.54) is 0 Å². The number of rotatable bonds is 6. The van der Waals surface area contributed by atoms with Crippen molar-refractivity contribution in [1.29, 1.82) is 0 Å². The van der Waals surface area contributed by atoms with Gasteiger partial charge < -0.3 is 11.1 Å². The van der Waals surface area contributed by atoms with Crippen molar-refractivity contribution >= 4 is 5.91 Å². The SMILES string of the molecule is CCC(CC)(CN)NC(=O)c1cccc(-n2cccn2)n1. The number of nitrogens with zero attached hydrogens (tertiary/aromatic N) is 3. The van der Waals surface area contributed by atoms with Crippen LogP contribution >= 0.6 is 0 Å². The number of hydrogen-bond donors (Lipinski definition) is 2. The fourth-order valence-electron chi connectivity index (χ4n) is 2.15. The highest BCUT2D eigenvalue weighted by Gasteiger charge is 2.27. The Labute approximate surface area is 124 Å². The summed E-state index contributed by atoms with van der Waals surface area (Å²) >= 11 is 0. The van der Waals surface area contributed by atoms with Gasteiger partial charge in [0.2, 0.25) is 0 Å². The maximum absolute atomic E-state index is 12.4. The third-order valence-corrected chi connectivity index (χ3v) is 3.83. The molecule has 2 aromatic rings. The predicted octanol–water partition coefficient (Wildman–Crippen LogP) is 1.51. The highest BCUT2D eigenvalue weighted by molar-refractivity contribution is 5.93. The van der Waals surface area contributed by atoms with E-state index in [0.29, 0.717) is 18.1 Å². The van der Waals surface area contributed by atoms with E-state index in [9.17, 15) is 4.79 Å². The van der Waals surface area contributed by atoms with Gasteiger partial charge in [-0.25, -0.2) is 9.67 Å². The number of amides is 1. The molecule has 3 N–H and O–H groups in total. The molecule has 6 heteroatoms. The molecular formula is C15H21N5O. The van der Waals surface area contributed by atoms with E-state index >= 15 is 0 Å². The van der Waals surface area contributed by atoms with E-state index in [2.05, 4.69) is 15.4 Å². The van der Waals surface area contributed by atoms with Gasteiger partial charge in [-0.1, -0.05) is 19.9 Å². The summed E-state index contributed by atoms with van der Waals surface area (Å²) in [6.45, 7) is 4.44. The van der Waals surface area contributed by atoms with E-state index in [-0.39, 0.29) is 11.4 Å². The van der Waals surface area contributed by atoms with Crippen LogP contribution in [0.15, 0.2) is 36.7 Å². The first kappa shape index (κ1) is 15.2. The summed E-state index contributed by atoms with van der Waals surface area (Å²) in [6.07, 6.45) is 5.02. The van der Waals surface area contributed by atoms with Gasteiger partial charge >= 0.3 is 0 Å². The molecule has 0 fully saturated rings. The average Bonchev–Trinajstić information content (AvgIpc) is 3.07. The third-order valence-electron chi connectivity index (χ3n) is 3.83. The Morgan fingerprint density at radius 1 is 1.33 bits per heavy atom. The molecular weight excluding hydrogens is 266 g/mol. The molecule has 0 aliphatic heterocycles. The van der Waals surface area contributed by atoms with Crippen molar-refractivity contribution in [2.75, 3.05) is 6.54 Å². The molecule has 0 atom stereocenters. The molecule has 0 bridgehead atoms. The van der Waals surface area contributed by atoms with Gasteiger partial charge in [0.25, 0.3) is 5.91 Å². The molecule has 112 valence electrons. The second-order valence-electron chi connectivity index (χ2n) is 4.98.